The van der Waals surface area contributed by atoms with Crippen molar-refractivity contribution in [3.63, 3.8) is 0 Å². The number of carbonyl (C=O) groups excluding carboxylic acids is 1. The van der Waals surface area contributed by atoms with E-state index in [0.29, 0.717) is 11.3 Å². The highest BCUT2D eigenvalue weighted by atomic mass is 79.9. The van der Waals surface area contributed by atoms with Crippen molar-refractivity contribution in [3.8, 4) is 5.75 Å². The van der Waals surface area contributed by atoms with Gasteiger partial charge in [0.15, 0.2) is 5.78 Å². The molecule has 17 heavy (non-hydrogen) atoms. The molecule has 0 aliphatic carbocycles. The van der Waals surface area contributed by atoms with Gasteiger partial charge in [-0.05, 0) is 30.3 Å². The van der Waals surface area contributed by atoms with Gasteiger partial charge < -0.3 is 5.11 Å². The van der Waals surface area contributed by atoms with Gasteiger partial charge in [-0.2, -0.15) is 0 Å². The van der Waals surface area contributed by atoms with Crippen LogP contribution in [0.15, 0.2) is 47.1 Å². The minimum Gasteiger partial charge on any atom is -0.507 e. The lowest BCUT2D eigenvalue weighted by Crippen LogP contribution is -2.05. The number of carbonyl (C=O) groups is 1. The molecular formula is C13H10BrNO2. The van der Waals surface area contributed by atoms with Crippen LogP contribution in [0.3, 0.4) is 0 Å². The lowest BCUT2D eigenvalue weighted by atomic mass is 10.1. The number of Topliss-reactive ketones (excluding diaryl/α,β-unsaturated/α-hetero) is 1. The summed E-state index contributed by atoms with van der Waals surface area (Å²) in [6.45, 7) is 0. The van der Waals surface area contributed by atoms with Crippen LogP contribution in [-0.2, 0) is 6.42 Å². The first-order chi connectivity index (χ1) is 8.16. The molecule has 0 amide bonds. The molecule has 1 N–H and O–H groups in total. The fourth-order valence-electron chi connectivity index (χ4n) is 1.50. The molecular weight excluding hydrogens is 282 g/mol. The van der Waals surface area contributed by atoms with E-state index < -0.39 is 0 Å². The quantitative estimate of drug-likeness (QED) is 0.885. The molecule has 0 spiro atoms. The molecule has 1 aromatic heterocycles. The molecule has 0 aliphatic rings. The second-order valence-electron chi connectivity index (χ2n) is 3.58. The Morgan fingerprint density at radius 2 is 2.12 bits per heavy atom. The number of halogens is 1. The number of rotatable bonds is 3. The van der Waals surface area contributed by atoms with Crippen LogP contribution in [-0.4, -0.2) is 15.9 Å². The summed E-state index contributed by atoms with van der Waals surface area (Å²) in [6.07, 6.45) is 1.83. The summed E-state index contributed by atoms with van der Waals surface area (Å²) < 4.78 is 0.740. The van der Waals surface area contributed by atoms with E-state index >= 15 is 0 Å². The lowest BCUT2D eigenvalue weighted by molar-refractivity contribution is 0.0989. The van der Waals surface area contributed by atoms with Gasteiger partial charge >= 0.3 is 0 Å². The third kappa shape index (κ3) is 2.91. The Balaban J connectivity index is 2.21. The standard InChI is InChI=1S/C13H10BrNO2/c14-9-4-5-11(12(16)7-9)13(17)8-10-3-1-2-6-15-10/h1-7,16H,8H2. The molecule has 1 heterocycles. The summed E-state index contributed by atoms with van der Waals surface area (Å²) in [7, 11) is 0. The van der Waals surface area contributed by atoms with E-state index in [9.17, 15) is 9.90 Å². The highest BCUT2D eigenvalue weighted by Gasteiger charge is 2.12. The topological polar surface area (TPSA) is 50.2 Å². The van der Waals surface area contributed by atoms with Crippen LogP contribution in [0.2, 0.25) is 0 Å². The molecule has 4 heteroatoms. The van der Waals surface area contributed by atoms with Gasteiger partial charge in [-0.1, -0.05) is 22.0 Å². The van der Waals surface area contributed by atoms with Crippen molar-refractivity contribution in [2.75, 3.05) is 0 Å². The van der Waals surface area contributed by atoms with E-state index in [2.05, 4.69) is 20.9 Å². The Kier molecular flexibility index (Phi) is 3.54. The van der Waals surface area contributed by atoms with Gasteiger partial charge in [0.2, 0.25) is 0 Å². The molecule has 0 saturated heterocycles. The maximum Gasteiger partial charge on any atom is 0.172 e. The zero-order valence-electron chi connectivity index (χ0n) is 8.93. The van der Waals surface area contributed by atoms with Crippen molar-refractivity contribution in [2.45, 2.75) is 6.42 Å². The minimum atomic E-state index is -0.145. The maximum absolute atomic E-state index is 11.9. The van der Waals surface area contributed by atoms with Crippen molar-refractivity contribution in [3.05, 3.63) is 58.3 Å². The number of aromatic hydroxyl groups is 1. The van der Waals surface area contributed by atoms with E-state index in [1.165, 1.54) is 6.07 Å². The minimum absolute atomic E-state index is 0.0136. The molecule has 1 aromatic carbocycles. The number of aromatic nitrogens is 1. The Morgan fingerprint density at radius 1 is 1.29 bits per heavy atom. The Labute approximate surface area is 107 Å². The second-order valence-corrected chi connectivity index (χ2v) is 4.50. The van der Waals surface area contributed by atoms with Gasteiger partial charge in [0.25, 0.3) is 0 Å². The summed E-state index contributed by atoms with van der Waals surface area (Å²) in [4.78, 5) is 16.0. The van der Waals surface area contributed by atoms with Gasteiger partial charge in [-0.25, -0.2) is 0 Å². The van der Waals surface area contributed by atoms with E-state index in [4.69, 9.17) is 0 Å². The van der Waals surface area contributed by atoms with Crippen LogP contribution in [0, 0.1) is 0 Å². The SMILES string of the molecule is O=C(Cc1ccccn1)c1ccc(Br)cc1O. The molecule has 0 unspecified atom stereocenters. The fraction of sp³-hybridized carbons (Fsp3) is 0.0769. The molecule has 0 fully saturated rings. The largest absolute Gasteiger partial charge is 0.507 e. The zero-order chi connectivity index (χ0) is 12.3. The van der Waals surface area contributed by atoms with Crippen LogP contribution in [0.1, 0.15) is 16.1 Å². The maximum atomic E-state index is 11.9. The van der Waals surface area contributed by atoms with E-state index in [1.807, 2.05) is 6.07 Å². The number of ketones is 1. The number of benzene rings is 1. The average Bonchev–Trinajstić information content (AvgIpc) is 2.30. The van der Waals surface area contributed by atoms with Gasteiger partial charge in [0, 0.05) is 16.4 Å². The predicted molar refractivity (Wildman–Crippen MR) is 68.1 cm³/mol. The summed E-state index contributed by atoms with van der Waals surface area (Å²) >= 11 is 3.23. The molecule has 0 aliphatic heterocycles. The van der Waals surface area contributed by atoms with Crippen molar-refractivity contribution in [1.29, 1.82) is 0 Å². The number of hydrogen-bond acceptors (Lipinski definition) is 3. The first-order valence-electron chi connectivity index (χ1n) is 5.08. The summed E-state index contributed by atoms with van der Waals surface area (Å²) in [5, 5.41) is 9.67. The number of hydrogen-bond donors (Lipinski definition) is 1. The van der Waals surface area contributed by atoms with Gasteiger partial charge in [0.05, 0.1) is 12.0 Å². The molecule has 2 rings (SSSR count). The van der Waals surface area contributed by atoms with Crippen molar-refractivity contribution in [1.82, 2.24) is 4.98 Å². The van der Waals surface area contributed by atoms with Crippen molar-refractivity contribution >= 4 is 21.7 Å². The van der Waals surface area contributed by atoms with E-state index in [-0.39, 0.29) is 18.0 Å². The highest BCUT2D eigenvalue weighted by Crippen LogP contribution is 2.23. The van der Waals surface area contributed by atoms with Crippen LogP contribution in [0.25, 0.3) is 0 Å². The monoisotopic (exact) mass is 291 g/mol. The van der Waals surface area contributed by atoms with E-state index in [1.54, 1.807) is 30.5 Å². The van der Waals surface area contributed by atoms with Crippen molar-refractivity contribution in [2.24, 2.45) is 0 Å². The molecule has 0 radical (unpaired) electrons. The summed E-state index contributed by atoms with van der Waals surface area (Å²) in [6, 6.07) is 10.2. The van der Waals surface area contributed by atoms with Crippen LogP contribution in [0.5, 0.6) is 5.75 Å². The number of phenolic OH excluding ortho intramolecular Hbond substituents is 1. The number of phenols is 1. The predicted octanol–water partition coefficient (Wildman–Crippen LogP) is 2.98. The Bertz CT molecular complexity index is 540. The smallest absolute Gasteiger partial charge is 0.172 e. The fourth-order valence-corrected chi connectivity index (χ4v) is 1.85. The average molecular weight is 292 g/mol. The molecule has 0 atom stereocenters. The third-order valence-corrected chi connectivity index (χ3v) is 2.82. The zero-order valence-corrected chi connectivity index (χ0v) is 10.5. The lowest BCUT2D eigenvalue weighted by Gasteiger charge is -2.04. The first-order valence-corrected chi connectivity index (χ1v) is 5.88. The van der Waals surface area contributed by atoms with Gasteiger partial charge in [0.1, 0.15) is 5.75 Å². The van der Waals surface area contributed by atoms with Crippen molar-refractivity contribution < 1.29 is 9.90 Å². The van der Waals surface area contributed by atoms with E-state index in [0.717, 1.165) is 4.47 Å². The van der Waals surface area contributed by atoms with Gasteiger partial charge in [-0.15, -0.1) is 0 Å². The van der Waals surface area contributed by atoms with Crippen LogP contribution in [0.4, 0.5) is 0 Å². The Morgan fingerprint density at radius 3 is 2.76 bits per heavy atom. The number of nitrogens with zero attached hydrogens (tertiary/aromatic N) is 1. The first kappa shape index (κ1) is 11.8. The molecule has 2 aromatic rings. The molecule has 3 nitrogen and oxygen atoms in total. The van der Waals surface area contributed by atoms with Gasteiger partial charge in [-0.3, -0.25) is 9.78 Å². The third-order valence-electron chi connectivity index (χ3n) is 2.33. The number of pyridine rings is 1. The summed E-state index contributed by atoms with van der Waals surface area (Å²) in [5.74, 6) is -0.158. The second kappa shape index (κ2) is 5.10. The van der Waals surface area contributed by atoms with Crippen LogP contribution >= 0.6 is 15.9 Å². The molecule has 86 valence electrons. The summed E-state index contributed by atoms with van der Waals surface area (Å²) in [5.41, 5.74) is 1.01. The molecule has 0 saturated carbocycles. The Hall–Kier alpha value is -1.68. The van der Waals surface area contributed by atoms with Crippen LogP contribution < -0.4 is 0 Å². The highest BCUT2D eigenvalue weighted by molar-refractivity contribution is 9.10. The molecule has 0 bridgehead atoms. The normalized spacial score (nSPS) is 10.2.